The number of halogens is 4. The summed E-state index contributed by atoms with van der Waals surface area (Å²) in [4.78, 5) is 2.32. The fourth-order valence-electron chi connectivity index (χ4n) is 3.29. The summed E-state index contributed by atoms with van der Waals surface area (Å²) in [7, 11) is 1.55. The van der Waals surface area contributed by atoms with Crippen molar-refractivity contribution in [1.82, 2.24) is 10.2 Å². The van der Waals surface area contributed by atoms with Gasteiger partial charge in [-0.1, -0.05) is 26.2 Å². The molecule has 1 saturated heterocycles. The fourth-order valence-corrected chi connectivity index (χ4v) is 3.29. The molecule has 4 nitrogen and oxygen atoms in total. The number of ether oxygens (including phenoxy) is 2. The zero-order valence-corrected chi connectivity index (χ0v) is 16.1. The summed E-state index contributed by atoms with van der Waals surface area (Å²) in [5.41, 5.74) is 0.766. The van der Waals surface area contributed by atoms with Crippen LogP contribution in [-0.4, -0.2) is 44.6 Å². The van der Waals surface area contributed by atoms with E-state index in [1.165, 1.54) is 12.1 Å². The Balaban J connectivity index is 0.00000338. The summed E-state index contributed by atoms with van der Waals surface area (Å²) >= 11 is 0. The minimum absolute atomic E-state index is 0. The highest BCUT2D eigenvalue weighted by Gasteiger charge is 2.32. The summed E-state index contributed by atoms with van der Waals surface area (Å²) in [5, 5.41) is 3.31. The van der Waals surface area contributed by atoms with Gasteiger partial charge in [0.2, 0.25) is 0 Å². The van der Waals surface area contributed by atoms with Crippen molar-refractivity contribution in [1.29, 1.82) is 0 Å². The summed E-state index contributed by atoms with van der Waals surface area (Å²) in [6.45, 7) is 5.63. The van der Waals surface area contributed by atoms with Gasteiger partial charge in [-0.25, -0.2) is 0 Å². The molecule has 1 aliphatic heterocycles. The van der Waals surface area contributed by atoms with Gasteiger partial charge < -0.3 is 14.8 Å². The lowest BCUT2D eigenvalue weighted by atomic mass is 9.97. The minimum atomic E-state index is -4.70. The Labute approximate surface area is 159 Å². The van der Waals surface area contributed by atoms with Crippen LogP contribution in [0, 0.1) is 0 Å². The Morgan fingerprint density at radius 2 is 1.88 bits per heavy atom. The molecule has 0 amide bonds. The largest absolute Gasteiger partial charge is 0.573 e. The summed E-state index contributed by atoms with van der Waals surface area (Å²) in [6.07, 6.45) is -0.580. The second-order valence-corrected chi connectivity index (χ2v) is 6.25. The Bertz CT molecular complexity index is 538. The maximum atomic E-state index is 12.6. The number of nitrogens with one attached hydrogen (secondary N) is 1. The summed E-state index contributed by atoms with van der Waals surface area (Å²) < 4.78 is 47.3. The van der Waals surface area contributed by atoms with Gasteiger partial charge in [-0.2, -0.15) is 0 Å². The van der Waals surface area contributed by atoms with Gasteiger partial charge in [0, 0.05) is 37.8 Å². The molecule has 0 saturated carbocycles. The van der Waals surface area contributed by atoms with E-state index in [4.69, 9.17) is 4.74 Å². The van der Waals surface area contributed by atoms with Gasteiger partial charge in [-0.3, -0.25) is 4.90 Å². The van der Waals surface area contributed by atoms with Crippen LogP contribution in [0.25, 0.3) is 0 Å². The van der Waals surface area contributed by atoms with Gasteiger partial charge in [0.15, 0.2) is 0 Å². The second-order valence-electron chi connectivity index (χ2n) is 6.25. The molecular formula is C18H28ClF3N2O2. The zero-order chi connectivity index (χ0) is 18.3. The van der Waals surface area contributed by atoms with Crippen LogP contribution in [0.1, 0.15) is 44.2 Å². The highest BCUT2D eigenvalue weighted by molar-refractivity contribution is 5.85. The van der Waals surface area contributed by atoms with Gasteiger partial charge >= 0.3 is 6.36 Å². The van der Waals surface area contributed by atoms with Crippen molar-refractivity contribution in [2.45, 2.75) is 45.0 Å². The van der Waals surface area contributed by atoms with Crippen molar-refractivity contribution in [3.63, 3.8) is 0 Å². The first-order valence-corrected chi connectivity index (χ1v) is 8.83. The average Bonchev–Trinajstić information content (AvgIpc) is 2.58. The van der Waals surface area contributed by atoms with Crippen LogP contribution in [0.4, 0.5) is 13.2 Å². The Kier molecular flexibility index (Phi) is 9.54. The van der Waals surface area contributed by atoms with Gasteiger partial charge in [-0.05, 0) is 24.6 Å². The SMILES string of the molecule is CCCCC[C@@H](c1cc(OC(F)(F)F)ccc1OC)N1CCNCC1.Cl. The molecule has 0 unspecified atom stereocenters. The smallest absolute Gasteiger partial charge is 0.496 e. The Hall–Kier alpha value is -1.18. The van der Waals surface area contributed by atoms with E-state index in [9.17, 15) is 13.2 Å². The number of methoxy groups -OCH3 is 1. The molecule has 1 fully saturated rings. The topological polar surface area (TPSA) is 33.7 Å². The molecule has 8 heteroatoms. The maximum Gasteiger partial charge on any atom is 0.573 e. The number of hydrogen-bond acceptors (Lipinski definition) is 4. The molecule has 26 heavy (non-hydrogen) atoms. The lowest BCUT2D eigenvalue weighted by Crippen LogP contribution is -2.45. The van der Waals surface area contributed by atoms with Crippen LogP contribution in [0.3, 0.4) is 0 Å². The van der Waals surface area contributed by atoms with Gasteiger partial charge in [0.05, 0.1) is 7.11 Å². The highest BCUT2D eigenvalue weighted by atomic mass is 35.5. The molecule has 0 aliphatic carbocycles. The summed E-state index contributed by atoms with van der Waals surface area (Å²) in [5.74, 6) is 0.411. The third-order valence-corrected chi connectivity index (χ3v) is 4.47. The lowest BCUT2D eigenvalue weighted by molar-refractivity contribution is -0.274. The number of nitrogens with zero attached hydrogens (tertiary/aromatic N) is 1. The van der Waals surface area contributed by atoms with Crippen LogP contribution in [0.2, 0.25) is 0 Å². The standard InChI is InChI=1S/C18H27F3N2O2.ClH/c1-3-4-5-6-16(23-11-9-22-10-12-23)15-13-14(25-18(19,20)21)7-8-17(15)24-2;/h7-8,13,16,22H,3-6,9-12H2,1-2H3;1H/t16-;/m0./s1. The molecule has 2 rings (SSSR count). The quantitative estimate of drug-likeness (QED) is 0.654. The molecule has 1 N–H and O–H groups in total. The van der Waals surface area contributed by atoms with Crippen LogP contribution in [-0.2, 0) is 0 Å². The van der Waals surface area contributed by atoms with Gasteiger partial charge in [0.25, 0.3) is 0 Å². The van der Waals surface area contributed by atoms with Crippen LogP contribution in [0.5, 0.6) is 11.5 Å². The number of hydrogen-bond donors (Lipinski definition) is 1. The molecule has 0 radical (unpaired) electrons. The van der Waals surface area contributed by atoms with E-state index in [2.05, 4.69) is 21.9 Å². The van der Waals surface area contributed by atoms with E-state index in [1.54, 1.807) is 13.2 Å². The van der Waals surface area contributed by atoms with Crippen molar-refractivity contribution in [2.75, 3.05) is 33.3 Å². The van der Waals surface area contributed by atoms with Crippen molar-refractivity contribution in [2.24, 2.45) is 0 Å². The number of benzene rings is 1. The number of piperazine rings is 1. The first kappa shape index (κ1) is 22.9. The Morgan fingerprint density at radius 3 is 2.46 bits per heavy atom. The van der Waals surface area contributed by atoms with Crippen molar-refractivity contribution < 1.29 is 22.6 Å². The number of alkyl halides is 3. The summed E-state index contributed by atoms with van der Waals surface area (Å²) in [6, 6.07) is 4.37. The zero-order valence-electron chi connectivity index (χ0n) is 15.3. The van der Waals surface area contributed by atoms with Crippen LogP contribution in [0.15, 0.2) is 18.2 Å². The normalized spacial score (nSPS) is 16.7. The average molecular weight is 397 g/mol. The van der Waals surface area contributed by atoms with Crippen molar-refractivity contribution in [3.8, 4) is 11.5 Å². The first-order valence-electron chi connectivity index (χ1n) is 8.83. The van der Waals surface area contributed by atoms with E-state index in [1.807, 2.05) is 0 Å². The molecule has 1 heterocycles. The molecule has 0 bridgehead atoms. The predicted octanol–water partition coefficient (Wildman–Crippen LogP) is 4.54. The van der Waals surface area contributed by atoms with E-state index < -0.39 is 6.36 Å². The third-order valence-electron chi connectivity index (χ3n) is 4.47. The van der Waals surface area contributed by atoms with E-state index in [0.29, 0.717) is 5.75 Å². The van der Waals surface area contributed by atoms with Gasteiger partial charge in [-0.15, -0.1) is 25.6 Å². The van der Waals surface area contributed by atoms with E-state index in [-0.39, 0.29) is 24.2 Å². The third kappa shape index (κ3) is 6.85. The van der Waals surface area contributed by atoms with Crippen LogP contribution >= 0.6 is 12.4 Å². The molecule has 1 aliphatic rings. The molecule has 0 aromatic heterocycles. The number of rotatable bonds is 8. The lowest BCUT2D eigenvalue weighted by Gasteiger charge is -2.36. The van der Waals surface area contributed by atoms with E-state index >= 15 is 0 Å². The van der Waals surface area contributed by atoms with Gasteiger partial charge in [0.1, 0.15) is 11.5 Å². The monoisotopic (exact) mass is 396 g/mol. The first-order chi connectivity index (χ1) is 11.9. The number of unbranched alkanes of at least 4 members (excludes halogenated alkanes) is 2. The van der Waals surface area contributed by atoms with Crippen molar-refractivity contribution >= 4 is 12.4 Å². The molecule has 1 atom stereocenters. The van der Waals surface area contributed by atoms with E-state index in [0.717, 1.165) is 57.4 Å². The second kappa shape index (κ2) is 10.8. The fraction of sp³-hybridized carbons (Fsp3) is 0.667. The molecule has 150 valence electrons. The predicted molar refractivity (Wildman–Crippen MR) is 98.3 cm³/mol. The Morgan fingerprint density at radius 1 is 1.19 bits per heavy atom. The van der Waals surface area contributed by atoms with Crippen LogP contribution < -0.4 is 14.8 Å². The highest BCUT2D eigenvalue weighted by Crippen LogP contribution is 2.37. The van der Waals surface area contributed by atoms with Crippen molar-refractivity contribution in [3.05, 3.63) is 23.8 Å². The molecular weight excluding hydrogens is 369 g/mol. The molecule has 1 aromatic rings. The molecule has 1 aromatic carbocycles. The maximum absolute atomic E-state index is 12.6. The minimum Gasteiger partial charge on any atom is -0.496 e. The molecule has 0 spiro atoms.